The molecule has 25 heavy (non-hydrogen) atoms. The zero-order valence-electron chi connectivity index (χ0n) is 17.3. The number of aliphatic hydroxyl groups excluding tert-OH is 1. The molecule has 1 rings (SSSR count). The summed E-state index contributed by atoms with van der Waals surface area (Å²) in [6, 6.07) is 6.46. The van der Waals surface area contributed by atoms with Gasteiger partial charge in [-0.1, -0.05) is 67.5 Å². The number of benzene rings is 1. The lowest BCUT2D eigenvalue weighted by molar-refractivity contribution is 0.0709. The second kappa shape index (κ2) is 9.80. The fourth-order valence-corrected chi connectivity index (χ4v) is 2.73. The van der Waals surface area contributed by atoms with E-state index in [-0.39, 0.29) is 23.2 Å². The van der Waals surface area contributed by atoms with Crippen molar-refractivity contribution in [1.29, 1.82) is 0 Å². The van der Waals surface area contributed by atoms with Crippen LogP contribution in [0, 0.1) is 0 Å². The Morgan fingerprint density at radius 3 is 2.00 bits per heavy atom. The average Bonchev–Trinajstić information content (AvgIpc) is 2.48. The van der Waals surface area contributed by atoms with Crippen LogP contribution in [0.2, 0.25) is 0 Å². The van der Waals surface area contributed by atoms with Gasteiger partial charge in [0, 0.05) is 6.54 Å². The Bertz CT molecular complexity index is 514. The van der Waals surface area contributed by atoms with Crippen molar-refractivity contribution >= 4 is 12.4 Å². The van der Waals surface area contributed by atoms with Crippen LogP contribution < -0.4 is 4.74 Å². The van der Waals surface area contributed by atoms with Crippen molar-refractivity contribution in [3.8, 4) is 5.75 Å². The van der Waals surface area contributed by atoms with Crippen LogP contribution in [-0.4, -0.2) is 42.4 Å². The molecular formula is C21H38ClNO2. The van der Waals surface area contributed by atoms with Crippen LogP contribution in [-0.2, 0) is 10.8 Å². The first kappa shape index (κ1) is 24.2. The highest BCUT2D eigenvalue weighted by Crippen LogP contribution is 2.35. The minimum absolute atomic E-state index is 0. The molecule has 0 aliphatic carbocycles. The van der Waals surface area contributed by atoms with Gasteiger partial charge in [-0.2, -0.15) is 0 Å². The molecule has 3 nitrogen and oxygen atoms in total. The molecule has 4 heteroatoms. The van der Waals surface area contributed by atoms with E-state index < -0.39 is 6.10 Å². The molecular weight excluding hydrogens is 334 g/mol. The largest absolute Gasteiger partial charge is 0.491 e. The summed E-state index contributed by atoms with van der Waals surface area (Å²) in [4.78, 5) is 2.21. The van der Waals surface area contributed by atoms with E-state index in [0.717, 1.165) is 18.8 Å². The van der Waals surface area contributed by atoms with E-state index in [9.17, 15) is 5.11 Å². The average molecular weight is 372 g/mol. The summed E-state index contributed by atoms with van der Waals surface area (Å²) in [5.74, 6) is 0.883. The van der Waals surface area contributed by atoms with Gasteiger partial charge in [0.2, 0.25) is 0 Å². The van der Waals surface area contributed by atoms with Gasteiger partial charge < -0.3 is 14.7 Å². The second-order valence-corrected chi connectivity index (χ2v) is 8.66. The molecule has 0 bridgehead atoms. The number of hydrogen-bond acceptors (Lipinski definition) is 3. The van der Waals surface area contributed by atoms with Crippen molar-refractivity contribution in [3.05, 3.63) is 29.3 Å². The third-order valence-corrected chi connectivity index (χ3v) is 4.45. The highest BCUT2D eigenvalue weighted by atomic mass is 35.5. The molecule has 146 valence electrons. The van der Waals surface area contributed by atoms with Crippen LogP contribution >= 0.6 is 12.4 Å². The Morgan fingerprint density at radius 2 is 1.56 bits per heavy atom. The molecule has 0 saturated heterocycles. The zero-order chi connectivity index (χ0) is 18.5. The van der Waals surface area contributed by atoms with Gasteiger partial charge >= 0.3 is 0 Å². The van der Waals surface area contributed by atoms with E-state index in [1.807, 2.05) is 0 Å². The number of nitrogens with zero attached hydrogens (tertiary/aromatic N) is 1. The van der Waals surface area contributed by atoms with Crippen molar-refractivity contribution in [2.75, 3.05) is 26.2 Å². The number of ether oxygens (including phenoxy) is 1. The van der Waals surface area contributed by atoms with Crippen molar-refractivity contribution < 1.29 is 9.84 Å². The molecule has 1 aromatic carbocycles. The lowest BCUT2D eigenvalue weighted by atomic mass is 9.80. The van der Waals surface area contributed by atoms with Gasteiger partial charge in [-0.15, -0.1) is 12.4 Å². The van der Waals surface area contributed by atoms with E-state index in [1.54, 1.807) is 0 Å². The Morgan fingerprint density at radius 1 is 1.00 bits per heavy atom. The van der Waals surface area contributed by atoms with Gasteiger partial charge in [0.15, 0.2) is 0 Å². The number of hydrogen-bond donors (Lipinski definition) is 1. The number of rotatable bonds is 7. The molecule has 0 aromatic heterocycles. The molecule has 1 aromatic rings. The first-order chi connectivity index (χ1) is 11.0. The summed E-state index contributed by atoms with van der Waals surface area (Å²) in [6.45, 7) is 20.4. The van der Waals surface area contributed by atoms with Crippen LogP contribution in [0.4, 0.5) is 0 Å². The first-order valence-electron chi connectivity index (χ1n) is 9.17. The first-order valence-corrected chi connectivity index (χ1v) is 9.17. The lowest BCUT2D eigenvalue weighted by Crippen LogP contribution is -2.35. The maximum atomic E-state index is 10.3. The van der Waals surface area contributed by atoms with Gasteiger partial charge in [0.05, 0.1) is 0 Å². The summed E-state index contributed by atoms with van der Waals surface area (Å²) in [5, 5.41) is 10.3. The molecule has 0 spiro atoms. The Kier molecular flexibility index (Phi) is 9.50. The van der Waals surface area contributed by atoms with Crippen LogP contribution in [0.1, 0.15) is 66.5 Å². The van der Waals surface area contributed by atoms with Crippen molar-refractivity contribution in [2.24, 2.45) is 0 Å². The molecule has 0 heterocycles. The summed E-state index contributed by atoms with van der Waals surface area (Å²) in [7, 11) is 0. The topological polar surface area (TPSA) is 32.7 Å². The maximum Gasteiger partial charge on any atom is 0.123 e. The summed E-state index contributed by atoms with van der Waals surface area (Å²) in [6.07, 6.45) is -0.472. The van der Waals surface area contributed by atoms with Crippen LogP contribution in [0.5, 0.6) is 5.75 Å². The normalized spacial score (nSPS) is 13.5. The highest BCUT2D eigenvalue weighted by Gasteiger charge is 2.23. The minimum atomic E-state index is -0.472. The van der Waals surface area contributed by atoms with Gasteiger partial charge in [0.1, 0.15) is 18.5 Å². The van der Waals surface area contributed by atoms with Crippen molar-refractivity contribution in [2.45, 2.75) is 72.3 Å². The van der Waals surface area contributed by atoms with Gasteiger partial charge in [-0.3, -0.25) is 0 Å². The smallest absolute Gasteiger partial charge is 0.123 e. The Balaban J connectivity index is 0.00000576. The van der Waals surface area contributed by atoms with Crippen LogP contribution in [0.25, 0.3) is 0 Å². The zero-order valence-corrected chi connectivity index (χ0v) is 18.2. The summed E-state index contributed by atoms with van der Waals surface area (Å²) < 4.78 is 6.01. The monoisotopic (exact) mass is 371 g/mol. The molecule has 0 radical (unpaired) electrons. The van der Waals surface area contributed by atoms with Crippen molar-refractivity contribution in [1.82, 2.24) is 4.90 Å². The Hall–Kier alpha value is -0.770. The van der Waals surface area contributed by atoms with Crippen LogP contribution in [0.15, 0.2) is 18.2 Å². The summed E-state index contributed by atoms with van der Waals surface area (Å²) in [5.41, 5.74) is 2.62. The number of aliphatic hydroxyl groups is 1. The predicted molar refractivity (Wildman–Crippen MR) is 110 cm³/mol. The minimum Gasteiger partial charge on any atom is -0.491 e. The molecule has 1 N–H and O–H groups in total. The quantitative estimate of drug-likeness (QED) is 0.748. The van der Waals surface area contributed by atoms with Gasteiger partial charge in [-0.05, 0) is 41.1 Å². The molecule has 1 unspecified atom stereocenters. The molecule has 0 aliphatic rings. The SMILES string of the molecule is CCN(CC)CC(O)COc1ccc(C(C)(C)C)cc1C(C)(C)C.Cl. The van der Waals surface area contributed by atoms with E-state index >= 15 is 0 Å². The maximum absolute atomic E-state index is 10.3. The fourth-order valence-electron chi connectivity index (χ4n) is 2.73. The van der Waals surface area contributed by atoms with E-state index in [1.165, 1.54) is 11.1 Å². The number of likely N-dealkylation sites (N-methyl/N-ethyl adjacent to an activating group) is 1. The third-order valence-electron chi connectivity index (χ3n) is 4.45. The van der Waals surface area contributed by atoms with Crippen molar-refractivity contribution in [3.63, 3.8) is 0 Å². The van der Waals surface area contributed by atoms with Gasteiger partial charge in [0.25, 0.3) is 0 Å². The molecule has 0 amide bonds. The third kappa shape index (κ3) is 7.55. The molecule has 0 saturated carbocycles. The Labute approximate surface area is 161 Å². The fraction of sp³-hybridized carbons (Fsp3) is 0.714. The summed E-state index contributed by atoms with van der Waals surface area (Å²) >= 11 is 0. The van der Waals surface area contributed by atoms with Gasteiger partial charge in [-0.25, -0.2) is 0 Å². The molecule has 0 aliphatic heterocycles. The van der Waals surface area contributed by atoms with E-state index in [0.29, 0.717) is 13.2 Å². The van der Waals surface area contributed by atoms with E-state index in [4.69, 9.17) is 4.74 Å². The molecule has 0 fully saturated rings. The molecule has 1 atom stereocenters. The predicted octanol–water partition coefficient (Wildman–Crippen LogP) is 4.78. The standard InChI is InChI=1S/C21H37NO2.ClH/c1-9-22(10-2)14-17(23)15-24-19-12-11-16(20(3,4)5)13-18(19)21(6,7)8;/h11-13,17,23H,9-10,14-15H2,1-8H3;1H. The van der Waals surface area contributed by atoms with Crippen LogP contribution in [0.3, 0.4) is 0 Å². The second-order valence-electron chi connectivity index (χ2n) is 8.66. The highest BCUT2D eigenvalue weighted by molar-refractivity contribution is 5.85. The lowest BCUT2D eigenvalue weighted by Gasteiger charge is -2.28. The van der Waals surface area contributed by atoms with E-state index in [2.05, 4.69) is 78.5 Å². The number of halogens is 1.